The Kier molecular flexibility index (Phi) is 5.58. The van der Waals surface area contributed by atoms with Gasteiger partial charge in [-0.25, -0.2) is 0 Å². The van der Waals surface area contributed by atoms with Crippen molar-refractivity contribution in [3.8, 4) is 11.8 Å². The van der Waals surface area contributed by atoms with Crippen molar-refractivity contribution in [1.82, 2.24) is 4.90 Å². The number of amides is 1. The van der Waals surface area contributed by atoms with Gasteiger partial charge in [-0.1, -0.05) is 6.07 Å². The van der Waals surface area contributed by atoms with Crippen molar-refractivity contribution in [2.24, 2.45) is 0 Å². The number of benzene rings is 1. The van der Waals surface area contributed by atoms with Crippen LogP contribution >= 0.6 is 15.9 Å². The fourth-order valence-electron chi connectivity index (χ4n) is 1.43. The van der Waals surface area contributed by atoms with Crippen LogP contribution in [0.5, 0.6) is 5.75 Å². The van der Waals surface area contributed by atoms with Gasteiger partial charge < -0.3 is 9.64 Å². The lowest BCUT2D eigenvalue weighted by Gasteiger charge is -2.09. The monoisotopic (exact) mass is 322 g/mol. The molecule has 1 rings (SSSR count). The highest BCUT2D eigenvalue weighted by molar-refractivity contribution is 9.10. The molecule has 0 aromatic heterocycles. The van der Waals surface area contributed by atoms with Gasteiger partial charge in [-0.3, -0.25) is 4.79 Å². The molecule has 0 N–H and O–H groups in total. The Morgan fingerprint density at radius 3 is 2.68 bits per heavy atom. The second kappa shape index (κ2) is 6.95. The molecule has 100 valence electrons. The van der Waals surface area contributed by atoms with Crippen LogP contribution in [0, 0.1) is 11.3 Å². The molecule has 0 unspecified atom stereocenters. The van der Waals surface area contributed by atoms with E-state index in [1.807, 2.05) is 19.1 Å². The van der Waals surface area contributed by atoms with E-state index in [-0.39, 0.29) is 11.5 Å². The number of ether oxygens (including phenoxy) is 1. The number of halogens is 1. The highest BCUT2D eigenvalue weighted by Gasteiger charge is 2.11. The van der Waals surface area contributed by atoms with Crippen molar-refractivity contribution < 1.29 is 9.53 Å². The van der Waals surface area contributed by atoms with Crippen molar-refractivity contribution in [2.45, 2.75) is 6.92 Å². The topological polar surface area (TPSA) is 53.3 Å². The maximum atomic E-state index is 11.7. The summed E-state index contributed by atoms with van der Waals surface area (Å²) in [5.41, 5.74) is 0.864. The van der Waals surface area contributed by atoms with E-state index in [2.05, 4.69) is 15.9 Å². The lowest BCUT2D eigenvalue weighted by molar-refractivity contribution is -0.124. The Morgan fingerprint density at radius 1 is 1.53 bits per heavy atom. The molecule has 0 bridgehead atoms. The van der Waals surface area contributed by atoms with Gasteiger partial charge in [0.1, 0.15) is 17.4 Å². The SMILES string of the molecule is CCOc1ccc(/C=C(/C#N)C(=O)N(C)C)cc1Br. The number of likely N-dealkylation sites (N-methyl/N-ethyl adjacent to an activating group) is 1. The third kappa shape index (κ3) is 4.11. The molecule has 0 heterocycles. The second-order valence-electron chi connectivity index (χ2n) is 3.99. The third-order valence-corrected chi connectivity index (χ3v) is 2.94. The molecule has 0 fully saturated rings. The zero-order valence-electron chi connectivity index (χ0n) is 11.1. The van der Waals surface area contributed by atoms with Crippen molar-refractivity contribution in [1.29, 1.82) is 5.26 Å². The zero-order valence-corrected chi connectivity index (χ0v) is 12.7. The molecule has 1 aromatic rings. The summed E-state index contributed by atoms with van der Waals surface area (Å²) in [6, 6.07) is 7.33. The number of carbonyl (C=O) groups excluding carboxylic acids is 1. The van der Waals surface area contributed by atoms with E-state index in [9.17, 15) is 4.79 Å². The van der Waals surface area contributed by atoms with Crippen LogP contribution in [0.15, 0.2) is 28.2 Å². The Balaban J connectivity index is 3.07. The van der Waals surface area contributed by atoms with Gasteiger partial charge >= 0.3 is 0 Å². The average Bonchev–Trinajstić information content (AvgIpc) is 2.38. The van der Waals surface area contributed by atoms with Crippen LogP contribution in [0.2, 0.25) is 0 Å². The Hall–Kier alpha value is -1.80. The first kappa shape index (κ1) is 15.3. The number of nitriles is 1. The van der Waals surface area contributed by atoms with Crippen LogP contribution < -0.4 is 4.74 Å². The summed E-state index contributed by atoms with van der Waals surface area (Å²) in [4.78, 5) is 13.1. The van der Waals surface area contributed by atoms with Crippen molar-refractivity contribution in [3.05, 3.63) is 33.8 Å². The van der Waals surface area contributed by atoms with Crippen LogP contribution in [0.4, 0.5) is 0 Å². The summed E-state index contributed by atoms with van der Waals surface area (Å²) in [5.74, 6) is 0.421. The number of nitrogens with zero attached hydrogens (tertiary/aromatic N) is 2. The molecule has 0 atom stereocenters. The molecular weight excluding hydrogens is 308 g/mol. The predicted molar refractivity (Wildman–Crippen MR) is 77.6 cm³/mol. The molecule has 0 aliphatic heterocycles. The Labute approximate surface area is 121 Å². The zero-order chi connectivity index (χ0) is 14.4. The maximum Gasteiger partial charge on any atom is 0.264 e. The minimum atomic E-state index is -0.312. The summed E-state index contributed by atoms with van der Waals surface area (Å²) < 4.78 is 6.19. The average molecular weight is 323 g/mol. The Morgan fingerprint density at radius 2 is 2.21 bits per heavy atom. The lowest BCUT2D eigenvalue weighted by atomic mass is 10.1. The molecule has 19 heavy (non-hydrogen) atoms. The molecular formula is C14H15BrN2O2. The number of hydrogen-bond donors (Lipinski definition) is 0. The molecule has 0 saturated carbocycles. The van der Waals surface area contributed by atoms with E-state index in [0.717, 1.165) is 15.8 Å². The molecule has 0 aliphatic carbocycles. The van der Waals surface area contributed by atoms with Gasteiger partial charge in [0, 0.05) is 14.1 Å². The Bertz CT molecular complexity index is 545. The molecule has 5 heteroatoms. The molecule has 0 aliphatic rings. The summed E-state index contributed by atoms with van der Waals surface area (Å²) in [5, 5.41) is 9.01. The largest absolute Gasteiger partial charge is 0.493 e. The van der Waals surface area contributed by atoms with E-state index < -0.39 is 0 Å². The molecule has 0 radical (unpaired) electrons. The normalized spacial score (nSPS) is 10.8. The molecule has 1 aromatic carbocycles. The molecule has 1 amide bonds. The van der Waals surface area contributed by atoms with Gasteiger partial charge in [-0.15, -0.1) is 0 Å². The highest BCUT2D eigenvalue weighted by Crippen LogP contribution is 2.27. The van der Waals surface area contributed by atoms with Crippen molar-refractivity contribution in [3.63, 3.8) is 0 Å². The van der Waals surface area contributed by atoms with E-state index in [1.165, 1.54) is 4.90 Å². The van der Waals surface area contributed by atoms with E-state index in [4.69, 9.17) is 10.00 Å². The summed E-state index contributed by atoms with van der Waals surface area (Å²) in [6.45, 7) is 2.49. The summed E-state index contributed by atoms with van der Waals surface area (Å²) in [7, 11) is 3.23. The minimum absolute atomic E-state index is 0.0982. The maximum absolute atomic E-state index is 11.7. The first-order valence-corrected chi connectivity index (χ1v) is 6.54. The second-order valence-corrected chi connectivity index (χ2v) is 4.85. The molecule has 0 saturated heterocycles. The number of carbonyl (C=O) groups is 1. The van der Waals surface area contributed by atoms with E-state index in [0.29, 0.717) is 6.61 Å². The van der Waals surface area contributed by atoms with Gasteiger partial charge in [0.05, 0.1) is 11.1 Å². The number of hydrogen-bond acceptors (Lipinski definition) is 3. The van der Waals surface area contributed by atoms with Crippen molar-refractivity contribution in [2.75, 3.05) is 20.7 Å². The number of rotatable bonds is 4. The van der Waals surface area contributed by atoms with Crippen LogP contribution in [-0.4, -0.2) is 31.5 Å². The smallest absolute Gasteiger partial charge is 0.264 e. The highest BCUT2D eigenvalue weighted by atomic mass is 79.9. The summed E-state index contributed by atoms with van der Waals surface area (Å²) >= 11 is 3.39. The molecule has 4 nitrogen and oxygen atoms in total. The van der Waals surface area contributed by atoms with E-state index in [1.54, 1.807) is 32.3 Å². The fraction of sp³-hybridized carbons (Fsp3) is 0.286. The van der Waals surface area contributed by atoms with Gasteiger partial charge in [-0.05, 0) is 46.6 Å². The quantitative estimate of drug-likeness (QED) is 0.632. The minimum Gasteiger partial charge on any atom is -0.493 e. The van der Waals surface area contributed by atoms with Gasteiger partial charge in [0.15, 0.2) is 0 Å². The van der Waals surface area contributed by atoms with E-state index >= 15 is 0 Å². The van der Waals surface area contributed by atoms with Crippen LogP contribution in [0.3, 0.4) is 0 Å². The van der Waals surface area contributed by atoms with Gasteiger partial charge in [-0.2, -0.15) is 5.26 Å². The summed E-state index contributed by atoms with van der Waals surface area (Å²) in [6.07, 6.45) is 1.56. The third-order valence-electron chi connectivity index (χ3n) is 2.32. The van der Waals surface area contributed by atoms with Crippen molar-refractivity contribution >= 4 is 27.9 Å². The first-order chi connectivity index (χ1) is 8.99. The van der Waals surface area contributed by atoms with Gasteiger partial charge in [0.2, 0.25) is 0 Å². The first-order valence-electron chi connectivity index (χ1n) is 5.75. The predicted octanol–water partition coefficient (Wildman–Crippen LogP) is 2.84. The van der Waals surface area contributed by atoms with Crippen LogP contribution in [-0.2, 0) is 4.79 Å². The standard InChI is InChI=1S/C14H15BrN2O2/c1-4-19-13-6-5-10(8-12(13)15)7-11(9-16)14(18)17(2)3/h5-8H,4H2,1-3H3/b11-7-. The van der Waals surface area contributed by atoms with Crippen LogP contribution in [0.1, 0.15) is 12.5 Å². The van der Waals surface area contributed by atoms with Crippen LogP contribution in [0.25, 0.3) is 6.08 Å². The molecule has 0 spiro atoms. The lowest BCUT2D eigenvalue weighted by Crippen LogP contribution is -2.22. The fourth-order valence-corrected chi connectivity index (χ4v) is 1.94. The van der Waals surface area contributed by atoms with Gasteiger partial charge in [0.25, 0.3) is 5.91 Å².